The molecule has 4 rings (SSSR count). The Hall–Kier alpha value is -3.04. The van der Waals surface area contributed by atoms with E-state index in [0.29, 0.717) is 17.0 Å². The second-order valence-corrected chi connectivity index (χ2v) is 8.44. The topological polar surface area (TPSA) is 89.2 Å². The number of amides is 2. The molecule has 148 valence electrons. The van der Waals surface area contributed by atoms with Gasteiger partial charge < -0.3 is 8.98 Å². The van der Waals surface area contributed by atoms with E-state index in [9.17, 15) is 9.59 Å². The molecule has 0 aliphatic carbocycles. The molecule has 4 aromatic rings. The standard InChI is InChI=1S/C20H18N4O3S2/c1-12-10-28-20(21-12)29-11-14-13-6-3-4-8-16(13)27-17(14)19(26)23-22-18(25)15-7-5-9-24(15)2/h3-10H,11H2,1-2H3,(H,22,25)(H,23,26). The average molecular weight is 427 g/mol. The van der Waals surface area contributed by atoms with Gasteiger partial charge in [0.1, 0.15) is 15.6 Å². The van der Waals surface area contributed by atoms with Gasteiger partial charge in [-0.3, -0.25) is 20.4 Å². The van der Waals surface area contributed by atoms with Crippen LogP contribution >= 0.6 is 23.1 Å². The highest BCUT2D eigenvalue weighted by molar-refractivity contribution is 8.00. The van der Waals surface area contributed by atoms with Crippen LogP contribution in [0.15, 0.2) is 56.7 Å². The van der Waals surface area contributed by atoms with Gasteiger partial charge in [0.25, 0.3) is 5.91 Å². The highest BCUT2D eigenvalue weighted by atomic mass is 32.2. The molecular formula is C20H18N4O3S2. The van der Waals surface area contributed by atoms with Crippen LogP contribution in [0.1, 0.15) is 32.3 Å². The highest BCUT2D eigenvalue weighted by Gasteiger charge is 2.22. The summed E-state index contributed by atoms with van der Waals surface area (Å²) in [7, 11) is 1.76. The molecule has 0 saturated heterocycles. The van der Waals surface area contributed by atoms with Crippen LogP contribution in [0.3, 0.4) is 0 Å². The molecule has 0 bridgehead atoms. The Bertz CT molecular complexity index is 1190. The fourth-order valence-electron chi connectivity index (χ4n) is 2.89. The maximum absolute atomic E-state index is 12.8. The van der Waals surface area contributed by atoms with Gasteiger partial charge in [-0.2, -0.15) is 0 Å². The first-order chi connectivity index (χ1) is 14.0. The minimum absolute atomic E-state index is 0.180. The number of carbonyl (C=O) groups is 2. The number of rotatable bonds is 5. The van der Waals surface area contributed by atoms with Crippen molar-refractivity contribution in [2.75, 3.05) is 0 Å². The third-order valence-corrected chi connectivity index (χ3v) is 6.47. The molecule has 0 aliphatic heterocycles. The van der Waals surface area contributed by atoms with Crippen LogP contribution in [0.2, 0.25) is 0 Å². The van der Waals surface area contributed by atoms with Crippen LogP contribution in [0.5, 0.6) is 0 Å². The predicted octanol–water partition coefficient (Wildman–Crippen LogP) is 3.90. The summed E-state index contributed by atoms with van der Waals surface area (Å²) in [6, 6.07) is 10.9. The fourth-order valence-corrected chi connectivity index (χ4v) is 4.77. The lowest BCUT2D eigenvalue weighted by atomic mass is 10.1. The van der Waals surface area contributed by atoms with Crippen LogP contribution in [-0.2, 0) is 12.8 Å². The molecule has 0 fully saturated rings. The molecular weight excluding hydrogens is 408 g/mol. The molecule has 0 unspecified atom stereocenters. The quantitative estimate of drug-likeness (QED) is 0.373. The number of hydrogen-bond acceptors (Lipinski definition) is 6. The van der Waals surface area contributed by atoms with Gasteiger partial charge in [-0.1, -0.05) is 30.0 Å². The first kappa shape index (κ1) is 19.3. The van der Waals surface area contributed by atoms with Gasteiger partial charge in [0.05, 0.1) is 0 Å². The second-order valence-electron chi connectivity index (χ2n) is 6.36. The van der Waals surface area contributed by atoms with Crippen LogP contribution in [-0.4, -0.2) is 21.4 Å². The summed E-state index contributed by atoms with van der Waals surface area (Å²) in [5.74, 6) is -0.205. The Balaban J connectivity index is 1.54. The average Bonchev–Trinajstić information content (AvgIpc) is 3.42. The predicted molar refractivity (Wildman–Crippen MR) is 113 cm³/mol. The molecule has 2 N–H and O–H groups in total. The first-order valence-corrected chi connectivity index (χ1v) is 10.7. The third-order valence-electron chi connectivity index (χ3n) is 4.31. The van der Waals surface area contributed by atoms with Crippen molar-refractivity contribution in [1.82, 2.24) is 20.4 Å². The number of hydrogen-bond donors (Lipinski definition) is 2. The maximum Gasteiger partial charge on any atom is 0.305 e. The fraction of sp³-hybridized carbons (Fsp3) is 0.150. The normalized spacial score (nSPS) is 11.0. The van der Waals surface area contributed by atoms with Crippen LogP contribution in [0.25, 0.3) is 11.0 Å². The van der Waals surface area contributed by atoms with Crippen molar-refractivity contribution in [3.05, 3.63) is 70.7 Å². The number of thiazole rings is 1. The Morgan fingerprint density at radius 2 is 1.97 bits per heavy atom. The molecule has 0 atom stereocenters. The number of aryl methyl sites for hydroxylation is 2. The number of aromatic nitrogens is 2. The van der Waals surface area contributed by atoms with Gasteiger partial charge in [-0.25, -0.2) is 4.98 Å². The van der Waals surface area contributed by atoms with E-state index in [1.54, 1.807) is 53.0 Å². The van der Waals surface area contributed by atoms with E-state index in [2.05, 4.69) is 15.8 Å². The van der Waals surface area contributed by atoms with Crippen molar-refractivity contribution < 1.29 is 14.0 Å². The monoisotopic (exact) mass is 426 g/mol. The number of para-hydroxylation sites is 1. The van der Waals surface area contributed by atoms with E-state index in [0.717, 1.165) is 21.0 Å². The number of carbonyl (C=O) groups excluding carboxylic acids is 2. The van der Waals surface area contributed by atoms with Crippen molar-refractivity contribution in [2.45, 2.75) is 17.0 Å². The van der Waals surface area contributed by atoms with E-state index in [1.165, 1.54) is 0 Å². The number of nitrogens with zero attached hydrogens (tertiary/aromatic N) is 2. The van der Waals surface area contributed by atoms with Gasteiger partial charge in [-0.15, -0.1) is 11.3 Å². The van der Waals surface area contributed by atoms with E-state index in [1.807, 2.05) is 36.6 Å². The molecule has 29 heavy (non-hydrogen) atoms. The SMILES string of the molecule is Cc1csc(SCc2c(C(=O)NNC(=O)c3cccn3C)oc3ccccc23)n1. The summed E-state index contributed by atoms with van der Waals surface area (Å²) in [5, 5.41) is 2.86. The number of thioether (sulfide) groups is 1. The van der Waals surface area contributed by atoms with Gasteiger partial charge in [0, 0.05) is 41.0 Å². The molecule has 0 spiro atoms. The maximum atomic E-state index is 12.8. The Labute approximate surface area is 175 Å². The van der Waals surface area contributed by atoms with E-state index in [-0.39, 0.29) is 5.76 Å². The lowest BCUT2D eigenvalue weighted by Crippen LogP contribution is -2.42. The molecule has 3 aromatic heterocycles. The molecule has 7 nitrogen and oxygen atoms in total. The van der Waals surface area contributed by atoms with Crippen molar-refractivity contribution in [3.8, 4) is 0 Å². The zero-order valence-electron chi connectivity index (χ0n) is 15.8. The summed E-state index contributed by atoms with van der Waals surface area (Å²) in [4.78, 5) is 29.5. The number of fused-ring (bicyclic) bond motifs is 1. The molecule has 1 aromatic carbocycles. The lowest BCUT2D eigenvalue weighted by Gasteiger charge is -2.08. The van der Waals surface area contributed by atoms with Crippen molar-refractivity contribution in [2.24, 2.45) is 7.05 Å². The van der Waals surface area contributed by atoms with Gasteiger partial charge in [-0.05, 0) is 25.1 Å². The van der Waals surface area contributed by atoms with E-state index < -0.39 is 11.8 Å². The zero-order valence-corrected chi connectivity index (χ0v) is 17.4. The number of furan rings is 1. The van der Waals surface area contributed by atoms with Gasteiger partial charge >= 0.3 is 5.91 Å². The van der Waals surface area contributed by atoms with Crippen LogP contribution in [0.4, 0.5) is 0 Å². The van der Waals surface area contributed by atoms with Crippen molar-refractivity contribution in [3.63, 3.8) is 0 Å². The van der Waals surface area contributed by atoms with Crippen LogP contribution < -0.4 is 10.9 Å². The lowest BCUT2D eigenvalue weighted by molar-refractivity contribution is 0.0827. The molecule has 2 amide bonds. The van der Waals surface area contributed by atoms with E-state index in [4.69, 9.17) is 4.42 Å². The first-order valence-electron chi connectivity index (χ1n) is 8.80. The molecule has 3 heterocycles. The Morgan fingerprint density at radius 3 is 2.69 bits per heavy atom. The molecule has 0 aliphatic rings. The molecule has 0 saturated carbocycles. The van der Waals surface area contributed by atoms with E-state index >= 15 is 0 Å². The molecule has 9 heteroatoms. The largest absolute Gasteiger partial charge is 0.451 e. The summed E-state index contributed by atoms with van der Waals surface area (Å²) in [5.41, 5.74) is 7.68. The van der Waals surface area contributed by atoms with Crippen molar-refractivity contribution in [1.29, 1.82) is 0 Å². The Kier molecular flexibility index (Phi) is 5.41. The number of benzene rings is 1. The van der Waals surface area contributed by atoms with Gasteiger partial charge in [0.15, 0.2) is 5.76 Å². The highest BCUT2D eigenvalue weighted by Crippen LogP contribution is 2.33. The summed E-state index contributed by atoms with van der Waals surface area (Å²) >= 11 is 3.11. The summed E-state index contributed by atoms with van der Waals surface area (Å²) in [6.45, 7) is 1.95. The third kappa shape index (κ3) is 4.06. The minimum Gasteiger partial charge on any atom is -0.451 e. The smallest absolute Gasteiger partial charge is 0.305 e. The number of hydrazine groups is 1. The molecule has 0 radical (unpaired) electrons. The zero-order chi connectivity index (χ0) is 20.4. The van der Waals surface area contributed by atoms with Crippen LogP contribution in [0, 0.1) is 6.92 Å². The second kappa shape index (κ2) is 8.14. The van der Waals surface area contributed by atoms with Crippen molar-refractivity contribution >= 4 is 45.9 Å². The summed E-state index contributed by atoms with van der Waals surface area (Å²) < 4.78 is 8.40. The number of nitrogens with one attached hydrogen (secondary N) is 2. The van der Waals surface area contributed by atoms with Gasteiger partial charge in [0.2, 0.25) is 0 Å². The minimum atomic E-state index is -0.505. The summed E-state index contributed by atoms with van der Waals surface area (Å²) in [6.07, 6.45) is 1.76. The Morgan fingerprint density at radius 1 is 1.17 bits per heavy atom.